The molecule has 1 unspecified atom stereocenters. The lowest BCUT2D eigenvalue weighted by Gasteiger charge is -2.23. The van der Waals surface area contributed by atoms with Gasteiger partial charge in [0.15, 0.2) is 23.2 Å². The molecule has 202 valence electrons. The summed E-state index contributed by atoms with van der Waals surface area (Å²) in [5.74, 6) is -3.18. The molecule has 5 heteroatoms. The van der Waals surface area contributed by atoms with Gasteiger partial charge in [0, 0.05) is 11.1 Å². The molecule has 0 saturated carbocycles. The van der Waals surface area contributed by atoms with Gasteiger partial charge in [-0.25, -0.2) is 13.2 Å². The van der Waals surface area contributed by atoms with E-state index in [0.717, 1.165) is 43.2 Å². The molecule has 0 heterocycles. The molecule has 38 heavy (non-hydrogen) atoms. The van der Waals surface area contributed by atoms with Gasteiger partial charge in [-0.1, -0.05) is 74.2 Å². The van der Waals surface area contributed by atoms with Crippen LogP contribution in [0.2, 0.25) is 0 Å². The molecule has 0 saturated heterocycles. The summed E-state index contributed by atoms with van der Waals surface area (Å²) < 4.78 is 64.5. The van der Waals surface area contributed by atoms with Crippen LogP contribution in [-0.2, 0) is 6.42 Å². The van der Waals surface area contributed by atoms with Gasteiger partial charge in [0.2, 0.25) is 5.82 Å². The van der Waals surface area contributed by atoms with Crippen LogP contribution in [0.4, 0.5) is 17.6 Å². The van der Waals surface area contributed by atoms with Gasteiger partial charge in [-0.05, 0) is 80.2 Å². The molecule has 1 aliphatic carbocycles. The van der Waals surface area contributed by atoms with Gasteiger partial charge in [-0.15, -0.1) is 0 Å². The van der Waals surface area contributed by atoms with Crippen molar-refractivity contribution < 1.29 is 22.3 Å². The molecule has 1 nitrogen and oxygen atoms in total. The van der Waals surface area contributed by atoms with Crippen molar-refractivity contribution >= 4 is 5.57 Å². The number of aryl methyl sites for hydroxylation is 2. The zero-order chi connectivity index (χ0) is 27.1. The first kappa shape index (κ1) is 27.9. The van der Waals surface area contributed by atoms with Gasteiger partial charge in [0.1, 0.15) is 0 Å². The first-order valence-electron chi connectivity index (χ1n) is 13.7. The summed E-state index contributed by atoms with van der Waals surface area (Å²) in [7, 11) is 0. The Balaban J connectivity index is 1.34. The summed E-state index contributed by atoms with van der Waals surface area (Å²) in [5, 5.41) is 0. The molecule has 0 aliphatic heterocycles. The third kappa shape index (κ3) is 6.67. The van der Waals surface area contributed by atoms with Crippen molar-refractivity contribution in [2.45, 2.75) is 71.6 Å². The second kappa shape index (κ2) is 13.1. The lowest BCUT2D eigenvalue weighted by atomic mass is 9.83. The Hall–Kier alpha value is -3.08. The topological polar surface area (TPSA) is 9.23 Å². The zero-order valence-electron chi connectivity index (χ0n) is 22.3. The van der Waals surface area contributed by atoms with Crippen molar-refractivity contribution in [1.29, 1.82) is 0 Å². The Bertz CT molecular complexity index is 1260. The number of allylic oxidation sites excluding steroid dienone is 2. The third-order valence-electron chi connectivity index (χ3n) is 7.51. The maximum absolute atomic E-state index is 14.8. The van der Waals surface area contributed by atoms with Gasteiger partial charge in [-0.3, -0.25) is 0 Å². The average molecular weight is 525 g/mol. The molecule has 0 spiro atoms. The lowest BCUT2D eigenvalue weighted by Crippen LogP contribution is -2.09. The van der Waals surface area contributed by atoms with Crippen molar-refractivity contribution in [2.75, 3.05) is 6.61 Å². The minimum atomic E-state index is -0.937. The number of unbranched alkanes of at least 4 members (excludes halogenated alkanes) is 3. The fraction of sp³-hybridized carbons (Fsp3) is 0.394. The molecule has 1 atom stereocenters. The summed E-state index contributed by atoms with van der Waals surface area (Å²) in [6, 6.07) is 13.8. The van der Waals surface area contributed by atoms with E-state index in [2.05, 4.69) is 6.92 Å². The number of halogens is 4. The van der Waals surface area contributed by atoms with E-state index in [0.29, 0.717) is 43.4 Å². The van der Waals surface area contributed by atoms with E-state index in [-0.39, 0.29) is 22.8 Å². The number of rotatable bonds is 11. The maximum atomic E-state index is 14.8. The predicted molar refractivity (Wildman–Crippen MR) is 146 cm³/mol. The average Bonchev–Trinajstić information content (AvgIpc) is 2.93. The van der Waals surface area contributed by atoms with E-state index < -0.39 is 23.3 Å². The minimum absolute atomic E-state index is 0.0420. The lowest BCUT2D eigenvalue weighted by molar-refractivity contribution is 0.285. The molecule has 3 aromatic carbocycles. The number of hydrogen-bond donors (Lipinski definition) is 0. The fourth-order valence-corrected chi connectivity index (χ4v) is 5.10. The Morgan fingerprint density at radius 1 is 0.789 bits per heavy atom. The predicted octanol–water partition coefficient (Wildman–Crippen LogP) is 9.99. The highest BCUT2D eigenvalue weighted by Gasteiger charge is 2.22. The zero-order valence-corrected chi connectivity index (χ0v) is 22.3. The molecular formula is C33H36F4O. The van der Waals surface area contributed by atoms with Gasteiger partial charge < -0.3 is 4.74 Å². The van der Waals surface area contributed by atoms with Gasteiger partial charge >= 0.3 is 0 Å². The first-order valence-corrected chi connectivity index (χ1v) is 13.7. The van der Waals surface area contributed by atoms with E-state index in [1.165, 1.54) is 6.07 Å². The van der Waals surface area contributed by atoms with Crippen molar-refractivity contribution in [2.24, 2.45) is 5.92 Å². The van der Waals surface area contributed by atoms with Crippen LogP contribution in [0.3, 0.4) is 0 Å². The normalized spacial score (nSPS) is 15.4. The summed E-state index contributed by atoms with van der Waals surface area (Å²) in [6.45, 7) is 4.44. The molecule has 0 amide bonds. The SMILES string of the molecule is CCCCCCOc1ccc(C2=CCC(CCc3ccc(-c4ccc(C)cc4)c(F)c3F)CC2)c(F)c1F. The molecule has 1 aliphatic rings. The molecule has 0 aromatic heterocycles. The van der Waals surface area contributed by atoms with Crippen molar-refractivity contribution in [3.05, 3.63) is 94.6 Å². The van der Waals surface area contributed by atoms with E-state index in [1.807, 2.05) is 25.1 Å². The van der Waals surface area contributed by atoms with Crippen LogP contribution in [0.25, 0.3) is 16.7 Å². The minimum Gasteiger partial charge on any atom is -0.490 e. The Kier molecular flexibility index (Phi) is 9.65. The third-order valence-corrected chi connectivity index (χ3v) is 7.51. The summed E-state index contributed by atoms with van der Waals surface area (Å²) in [4.78, 5) is 0. The summed E-state index contributed by atoms with van der Waals surface area (Å²) in [5.41, 5.74) is 3.40. The summed E-state index contributed by atoms with van der Waals surface area (Å²) >= 11 is 0. The fourth-order valence-electron chi connectivity index (χ4n) is 5.10. The Morgan fingerprint density at radius 3 is 2.24 bits per heavy atom. The van der Waals surface area contributed by atoms with Gasteiger partial charge in [-0.2, -0.15) is 4.39 Å². The maximum Gasteiger partial charge on any atom is 0.201 e. The van der Waals surface area contributed by atoms with Crippen LogP contribution < -0.4 is 4.74 Å². The highest BCUT2D eigenvalue weighted by Crippen LogP contribution is 2.36. The van der Waals surface area contributed by atoms with Crippen LogP contribution >= 0.6 is 0 Å². The van der Waals surface area contributed by atoms with Crippen molar-refractivity contribution in [3.63, 3.8) is 0 Å². The van der Waals surface area contributed by atoms with E-state index in [9.17, 15) is 17.6 Å². The molecule has 0 radical (unpaired) electrons. The number of ether oxygens (including phenoxy) is 1. The highest BCUT2D eigenvalue weighted by molar-refractivity contribution is 5.68. The first-order chi connectivity index (χ1) is 18.4. The van der Waals surface area contributed by atoms with Gasteiger partial charge in [0.25, 0.3) is 0 Å². The second-order valence-corrected chi connectivity index (χ2v) is 10.3. The Labute approximate surface area is 223 Å². The number of benzene rings is 3. The van der Waals surface area contributed by atoms with Crippen LogP contribution in [0, 0.1) is 36.1 Å². The van der Waals surface area contributed by atoms with E-state index in [1.54, 1.807) is 30.3 Å². The second-order valence-electron chi connectivity index (χ2n) is 10.3. The van der Waals surface area contributed by atoms with Crippen LogP contribution in [0.5, 0.6) is 5.75 Å². The standard InChI is InChI=1S/C33H36F4O/c1-3-4-5-6-21-38-29-20-19-28(32(36)33(29)37)25-14-9-23(10-15-25)11-16-26-17-18-27(31(35)30(26)34)24-12-7-22(2)8-13-24/h7-8,12-14,17-20,23H,3-6,9-11,15-16,21H2,1-2H3. The molecule has 4 rings (SSSR count). The summed E-state index contributed by atoms with van der Waals surface area (Å²) in [6.07, 6.45) is 9.19. The molecule has 3 aromatic rings. The van der Waals surface area contributed by atoms with Crippen LogP contribution in [0.15, 0.2) is 54.6 Å². The van der Waals surface area contributed by atoms with E-state index >= 15 is 0 Å². The van der Waals surface area contributed by atoms with Gasteiger partial charge in [0.05, 0.1) is 6.61 Å². The molecule has 0 bridgehead atoms. The molecular weight excluding hydrogens is 488 g/mol. The largest absolute Gasteiger partial charge is 0.490 e. The monoisotopic (exact) mass is 524 g/mol. The van der Waals surface area contributed by atoms with Crippen molar-refractivity contribution in [3.8, 4) is 16.9 Å². The number of hydrogen-bond acceptors (Lipinski definition) is 1. The quantitative estimate of drug-likeness (QED) is 0.179. The molecule has 0 fully saturated rings. The van der Waals surface area contributed by atoms with E-state index in [4.69, 9.17) is 4.74 Å². The highest BCUT2D eigenvalue weighted by atomic mass is 19.2. The Morgan fingerprint density at radius 2 is 1.53 bits per heavy atom. The van der Waals surface area contributed by atoms with Crippen LogP contribution in [0.1, 0.15) is 75.0 Å². The van der Waals surface area contributed by atoms with Crippen LogP contribution in [-0.4, -0.2) is 6.61 Å². The van der Waals surface area contributed by atoms with Crippen molar-refractivity contribution in [1.82, 2.24) is 0 Å². The molecule has 0 N–H and O–H groups in total. The smallest absolute Gasteiger partial charge is 0.201 e.